The fourth-order valence-corrected chi connectivity index (χ4v) is 4.26. The monoisotopic (exact) mass is 355 g/mol. The summed E-state index contributed by atoms with van der Waals surface area (Å²) in [6, 6.07) is 22.1. The Balaban J connectivity index is 2.00. The average molecular weight is 356 g/mol. The molecule has 0 saturated heterocycles. The second kappa shape index (κ2) is 6.70. The molecule has 4 aromatic rings. The number of rotatable bonds is 3. The molecule has 27 heavy (non-hydrogen) atoms. The fraction of sp³-hybridized carbons (Fsp3) is 0.240. The van der Waals surface area contributed by atoms with Gasteiger partial charge in [-0.25, -0.2) is 9.13 Å². The van der Waals surface area contributed by atoms with Gasteiger partial charge in [0.1, 0.15) is 6.54 Å². The van der Waals surface area contributed by atoms with E-state index >= 15 is 0 Å². The van der Waals surface area contributed by atoms with E-state index in [1.54, 1.807) is 0 Å². The molecule has 2 nitrogen and oxygen atoms in total. The average Bonchev–Trinajstić information content (AvgIpc) is 2.89. The molecule has 136 valence electrons. The molecular formula is C25H27N2+. The zero-order chi connectivity index (χ0) is 19.1. The molecule has 2 heteroatoms. The molecule has 4 rings (SSSR count). The van der Waals surface area contributed by atoms with Gasteiger partial charge in [-0.3, -0.25) is 0 Å². The Kier molecular flexibility index (Phi) is 4.35. The summed E-state index contributed by atoms with van der Waals surface area (Å²) in [6.45, 7) is 9.63. The number of aromatic nitrogens is 2. The van der Waals surface area contributed by atoms with Gasteiger partial charge in [0.2, 0.25) is 0 Å². The predicted molar refractivity (Wildman–Crippen MR) is 113 cm³/mol. The van der Waals surface area contributed by atoms with Gasteiger partial charge in [-0.1, -0.05) is 59.7 Å². The van der Waals surface area contributed by atoms with E-state index in [-0.39, 0.29) is 0 Å². The van der Waals surface area contributed by atoms with Crippen LogP contribution >= 0.6 is 0 Å². The highest BCUT2D eigenvalue weighted by Gasteiger charge is 2.26. The van der Waals surface area contributed by atoms with Gasteiger partial charge in [0.15, 0.2) is 11.0 Å². The molecule has 0 saturated carbocycles. The number of benzene rings is 3. The van der Waals surface area contributed by atoms with Crippen molar-refractivity contribution < 1.29 is 4.57 Å². The van der Waals surface area contributed by atoms with Crippen LogP contribution in [0.1, 0.15) is 27.8 Å². The van der Waals surface area contributed by atoms with Gasteiger partial charge in [-0.15, -0.1) is 0 Å². The summed E-state index contributed by atoms with van der Waals surface area (Å²) >= 11 is 0. The maximum Gasteiger partial charge on any atom is 0.290 e. The van der Waals surface area contributed by atoms with Crippen molar-refractivity contribution >= 4 is 11.0 Å². The first-order valence-electron chi connectivity index (χ1n) is 9.56. The topological polar surface area (TPSA) is 8.81 Å². The maximum absolute atomic E-state index is 2.46. The van der Waals surface area contributed by atoms with Crippen molar-refractivity contribution in [2.24, 2.45) is 7.05 Å². The Labute approximate surface area is 161 Å². The van der Waals surface area contributed by atoms with Gasteiger partial charge in [0.25, 0.3) is 5.82 Å². The van der Waals surface area contributed by atoms with Crippen LogP contribution < -0.4 is 4.57 Å². The first-order valence-corrected chi connectivity index (χ1v) is 9.56. The van der Waals surface area contributed by atoms with E-state index in [9.17, 15) is 0 Å². The van der Waals surface area contributed by atoms with Crippen LogP contribution in [0.4, 0.5) is 0 Å². The minimum atomic E-state index is 0.865. The zero-order valence-electron chi connectivity index (χ0n) is 16.9. The molecule has 0 N–H and O–H groups in total. The van der Waals surface area contributed by atoms with Crippen molar-refractivity contribution in [3.05, 3.63) is 88.5 Å². The van der Waals surface area contributed by atoms with Crippen LogP contribution in [0.15, 0.2) is 60.7 Å². The minimum Gasteiger partial charge on any atom is -0.226 e. The van der Waals surface area contributed by atoms with Gasteiger partial charge in [0, 0.05) is 0 Å². The fourth-order valence-electron chi connectivity index (χ4n) is 4.26. The van der Waals surface area contributed by atoms with Crippen molar-refractivity contribution in [3.63, 3.8) is 0 Å². The number of imidazole rings is 1. The quantitative estimate of drug-likeness (QED) is 0.434. The molecular weight excluding hydrogens is 328 g/mol. The molecule has 0 aliphatic heterocycles. The highest BCUT2D eigenvalue weighted by atomic mass is 15.2. The van der Waals surface area contributed by atoms with E-state index < -0.39 is 0 Å². The molecule has 0 spiro atoms. The molecule has 0 aliphatic carbocycles. The smallest absolute Gasteiger partial charge is 0.226 e. The Morgan fingerprint density at radius 2 is 1.41 bits per heavy atom. The van der Waals surface area contributed by atoms with Crippen LogP contribution in [0.5, 0.6) is 0 Å². The summed E-state index contributed by atoms with van der Waals surface area (Å²) in [5.74, 6) is 1.27. The molecule has 0 fully saturated rings. The van der Waals surface area contributed by atoms with Crippen molar-refractivity contribution in [1.29, 1.82) is 0 Å². The van der Waals surface area contributed by atoms with E-state index in [1.165, 1.54) is 50.2 Å². The number of nitrogens with zero attached hydrogens (tertiary/aromatic N) is 2. The van der Waals surface area contributed by atoms with Gasteiger partial charge < -0.3 is 0 Å². The number of hydrogen-bond donors (Lipinski definition) is 0. The Morgan fingerprint density at radius 1 is 0.778 bits per heavy atom. The highest BCUT2D eigenvalue weighted by Crippen LogP contribution is 2.30. The van der Waals surface area contributed by atoms with Crippen molar-refractivity contribution in [3.8, 4) is 11.4 Å². The molecule has 1 heterocycles. The first kappa shape index (κ1) is 17.5. The third-order valence-corrected chi connectivity index (χ3v) is 5.47. The van der Waals surface area contributed by atoms with E-state index in [4.69, 9.17) is 0 Å². The Hall–Kier alpha value is -2.87. The maximum atomic E-state index is 2.46. The molecule has 3 aromatic carbocycles. The van der Waals surface area contributed by atoms with Crippen LogP contribution in [-0.2, 0) is 13.6 Å². The van der Waals surface area contributed by atoms with E-state index in [2.05, 4.69) is 105 Å². The van der Waals surface area contributed by atoms with Crippen molar-refractivity contribution in [2.75, 3.05) is 0 Å². The largest absolute Gasteiger partial charge is 0.290 e. The molecule has 0 amide bonds. The Bertz CT molecular complexity index is 1110. The van der Waals surface area contributed by atoms with Gasteiger partial charge >= 0.3 is 0 Å². The van der Waals surface area contributed by atoms with Gasteiger partial charge in [-0.05, 0) is 56.5 Å². The summed E-state index contributed by atoms with van der Waals surface area (Å²) in [7, 11) is 2.18. The van der Waals surface area contributed by atoms with Gasteiger partial charge in [0.05, 0.1) is 12.6 Å². The second-order valence-corrected chi connectivity index (χ2v) is 7.72. The highest BCUT2D eigenvalue weighted by molar-refractivity contribution is 5.78. The minimum absolute atomic E-state index is 0.865. The van der Waals surface area contributed by atoms with Crippen molar-refractivity contribution in [1.82, 2.24) is 4.57 Å². The number of aryl methyl sites for hydroxylation is 5. The number of para-hydroxylation sites is 2. The first-order chi connectivity index (χ1) is 13.0. The van der Waals surface area contributed by atoms with Crippen LogP contribution in [-0.4, -0.2) is 4.57 Å². The lowest BCUT2D eigenvalue weighted by molar-refractivity contribution is -0.634. The molecule has 1 aromatic heterocycles. The summed E-state index contributed by atoms with van der Waals surface area (Å²) in [6.07, 6.45) is 0. The molecule has 0 aliphatic rings. The Morgan fingerprint density at radius 3 is 2.07 bits per heavy atom. The van der Waals surface area contributed by atoms with Crippen LogP contribution in [0, 0.1) is 27.7 Å². The van der Waals surface area contributed by atoms with E-state index in [1.807, 2.05) is 0 Å². The third kappa shape index (κ3) is 3.06. The molecule has 0 unspecified atom stereocenters. The molecule has 0 bridgehead atoms. The van der Waals surface area contributed by atoms with Gasteiger partial charge in [-0.2, -0.15) is 0 Å². The summed E-state index contributed by atoms with van der Waals surface area (Å²) < 4.78 is 4.80. The summed E-state index contributed by atoms with van der Waals surface area (Å²) in [5.41, 5.74) is 10.5. The third-order valence-electron chi connectivity index (χ3n) is 5.47. The predicted octanol–water partition coefficient (Wildman–Crippen LogP) is 5.41. The van der Waals surface area contributed by atoms with E-state index in [0.29, 0.717) is 0 Å². The van der Waals surface area contributed by atoms with Crippen LogP contribution in [0.2, 0.25) is 0 Å². The standard InChI is InChI=1S/C25H27N2/c1-17-10-12-21(13-11-17)16-27-23-9-7-6-8-22(23)26(5)25(27)24-19(3)14-18(2)15-20(24)4/h6-15H,16H2,1-5H3/q+1. The normalized spacial score (nSPS) is 11.3. The molecule has 0 atom stereocenters. The summed E-state index contributed by atoms with van der Waals surface area (Å²) in [4.78, 5) is 0. The number of fused-ring (bicyclic) bond motifs is 1. The summed E-state index contributed by atoms with van der Waals surface area (Å²) in [5, 5.41) is 0. The lowest BCUT2D eigenvalue weighted by atomic mass is 9.99. The molecule has 0 radical (unpaired) electrons. The van der Waals surface area contributed by atoms with Crippen molar-refractivity contribution in [2.45, 2.75) is 34.2 Å². The number of hydrogen-bond acceptors (Lipinski definition) is 0. The second-order valence-electron chi connectivity index (χ2n) is 7.72. The van der Waals surface area contributed by atoms with Crippen LogP contribution in [0.25, 0.3) is 22.4 Å². The SMILES string of the molecule is Cc1ccc(Cn2c(-c3c(C)cc(C)cc3C)[n+](C)c3ccccc32)cc1. The van der Waals surface area contributed by atoms with E-state index in [0.717, 1.165) is 6.54 Å². The lowest BCUT2D eigenvalue weighted by Crippen LogP contribution is -2.31. The van der Waals surface area contributed by atoms with Crippen LogP contribution in [0.3, 0.4) is 0 Å². The lowest BCUT2D eigenvalue weighted by Gasteiger charge is -2.11. The zero-order valence-corrected chi connectivity index (χ0v) is 16.9.